The number of alkyl halides is 3. The van der Waals surface area contributed by atoms with Gasteiger partial charge in [-0.3, -0.25) is 0 Å². The quantitative estimate of drug-likeness (QED) is 0.621. The van der Waals surface area contributed by atoms with Crippen LogP contribution in [0.25, 0.3) is 0 Å². The minimum Gasteiger partial charge on any atom is -0.381 e. The highest BCUT2D eigenvalue weighted by atomic mass is 32.2. The van der Waals surface area contributed by atoms with Crippen LogP contribution in [-0.4, -0.2) is 62.9 Å². The van der Waals surface area contributed by atoms with Crippen LogP contribution in [0.15, 0.2) is 46.0 Å². The van der Waals surface area contributed by atoms with Crippen molar-refractivity contribution in [1.29, 1.82) is 0 Å². The summed E-state index contributed by atoms with van der Waals surface area (Å²) in [6, 6.07) is 8.94. The van der Waals surface area contributed by atoms with E-state index in [4.69, 9.17) is 4.74 Å². The van der Waals surface area contributed by atoms with Crippen LogP contribution in [0, 0.1) is 5.92 Å². The van der Waals surface area contributed by atoms with E-state index in [-0.39, 0.29) is 18.2 Å². The van der Waals surface area contributed by atoms with Gasteiger partial charge in [0.15, 0.2) is 5.60 Å². The van der Waals surface area contributed by atoms with Gasteiger partial charge in [-0.15, -0.1) is 11.3 Å². The van der Waals surface area contributed by atoms with Crippen molar-refractivity contribution < 1.29 is 31.4 Å². The number of anilines is 1. The SMILES string of the molecule is C[C@](O)(c1ccc(N2CCN(S(=O)(=O)c3cccs3)C[C@@H]2CC2CCOCC2)cc1)C(F)(F)F. The third kappa shape index (κ3) is 5.13. The fourth-order valence-electron chi connectivity index (χ4n) is 4.63. The Morgan fingerprint density at radius 1 is 1.12 bits per heavy atom. The first kappa shape index (κ1) is 25.4. The Morgan fingerprint density at radius 3 is 2.38 bits per heavy atom. The van der Waals surface area contributed by atoms with Crippen molar-refractivity contribution in [2.24, 2.45) is 5.92 Å². The predicted molar refractivity (Wildman–Crippen MR) is 124 cm³/mol. The van der Waals surface area contributed by atoms with Crippen LogP contribution in [0.3, 0.4) is 0 Å². The number of hydrogen-bond acceptors (Lipinski definition) is 6. The van der Waals surface area contributed by atoms with Crippen LogP contribution in [0.1, 0.15) is 31.7 Å². The van der Waals surface area contributed by atoms with E-state index in [1.165, 1.54) is 27.8 Å². The van der Waals surface area contributed by atoms with Gasteiger partial charge in [0.1, 0.15) is 4.21 Å². The molecule has 2 aliphatic heterocycles. The lowest BCUT2D eigenvalue weighted by Gasteiger charge is -2.44. The molecule has 1 aromatic carbocycles. The molecule has 11 heteroatoms. The maximum atomic E-state index is 13.2. The molecule has 2 aromatic rings. The lowest BCUT2D eigenvalue weighted by Crippen LogP contribution is -2.55. The minimum atomic E-state index is -4.79. The molecule has 2 saturated heterocycles. The number of aliphatic hydroxyl groups is 1. The zero-order valence-corrected chi connectivity index (χ0v) is 20.5. The number of sulfonamides is 1. The molecule has 34 heavy (non-hydrogen) atoms. The Hall–Kier alpha value is -1.66. The van der Waals surface area contributed by atoms with Gasteiger partial charge in [-0.1, -0.05) is 18.2 Å². The third-order valence-corrected chi connectivity index (χ3v) is 10.0. The van der Waals surface area contributed by atoms with E-state index in [2.05, 4.69) is 4.90 Å². The van der Waals surface area contributed by atoms with Gasteiger partial charge in [-0.25, -0.2) is 8.42 Å². The van der Waals surface area contributed by atoms with E-state index < -0.39 is 21.8 Å². The molecule has 0 amide bonds. The van der Waals surface area contributed by atoms with Crippen molar-refractivity contribution in [3.8, 4) is 0 Å². The Balaban J connectivity index is 1.58. The monoisotopic (exact) mass is 518 g/mol. The number of nitrogens with zero attached hydrogens (tertiary/aromatic N) is 2. The molecule has 0 saturated carbocycles. The second-order valence-electron chi connectivity index (χ2n) is 9.05. The Bertz CT molecular complexity index is 1050. The van der Waals surface area contributed by atoms with Gasteiger partial charge >= 0.3 is 6.18 Å². The number of rotatable bonds is 6. The minimum absolute atomic E-state index is 0.124. The summed E-state index contributed by atoms with van der Waals surface area (Å²) in [5, 5.41) is 11.7. The van der Waals surface area contributed by atoms with Crippen molar-refractivity contribution in [3.63, 3.8) is 0 Å². The summed E-state index contributed by atoms with van der Waals surface area (Å²) in [5.74, 6) is 0.385. The molecule has 4 rings (SSSR count). The summed E-state index contributed by atoms with van der Waals surface area (Å²) < 4.78 is 73.3. The molecule has 1 aromatic heterocycles. The molecule has 2 fully saturated rings. The zero-order chi connectivity index (χ0) is 24.6. The average Bonchev–Trinajstić information content (AvgIpc) is 3.35. The standard InChI is InChI=1S/C23H29F3N2O4S2/c1-22(29,23(24,25)26)18-4-6-19(7-5-18)28-11-10-27(34(30,31)21-3-2-14-33-21)16-20(28)15-17-8-12-32-13-9-17/h2-7,14,17,20,29H,8-13,15-16H2,1H3/t20-,22-/m0/s1. The van der Waals surface area contributed by atoms with E-state index in [0.717, 1.165) is 26.2 Å². The molecule has 3 heterocycles. The second-order valence-corrected chi connectivity index (χ2v) is 12.2. The molecule has 0 radical (unpaired) electrons. The highest BCUT2D eigenvalue weighted by molar-refractivity contribution is 7.91. The highest BCUT2D eigenvalue weighted by Crippen LogP contribution is 2.39. The lowest BCUT2D eigenvalue weighted by atomic mass is 9.90. The normalized spacial score (nSPS) is 23.1. The van der Waals surface area contributed by atoms with E-state index in [1.54, 1.807) is 29.6 Å². The number of thiophene rings is 1. The molecule has 2 aliphatic rings. The molecule has 0 bridgehead atoms. The number of halogens is 3. The lowest BCUT2D eigenvalue weighted by molar-refractivity contribution is -0.258. The van der Waals surface area contributed by atoms with Crippen LogP contribution in [0.2, 0.25) is 0 Å². The number of benzene rings is 1. The Kier molecular flexibility index (Phi) is 7.31. The topological polar surface area (TPSA) is 70.1 Å². The first-order valence-corrected chi connectivity index (χ1v) is 13.6. The number of piperazine rings is 1. The third-order valence-electron chi connectivity index (χ3n) is 6.79. The van der Waals surface area contributed by atoms with E-state index in [0.29, 0.717) is 42.1 Å². The Labute approximate surface area is 202 Å². The van der Waals surface area contributed by atoms with Crippen LogP contribution < -0.4 is 4.90 Å². The molecule has 0 spiro atoms. The molecule has 0 unspecified atom stereocenters. The van der Waals surface area contributed by atoms with Gasteiger partial charge < -0.3 is 14.7 Å². The number of hydrogen-bond donors (Lipinski definition) is 1. The van der Waals surface area contributed by atoms with Gasteiger partial charge in [-0.05, 0) is 61.2 Å². The maximum absolute atomic E-state index is 13.2. The van der Waals surface area contributed by atoms with Crippen molar-refractivity contribution >= 4 is 27.0 Å². The molecule has 1 N–H and O–H groups in total. The predicted octanol–water partition coefficient (Wildman–Crippen LogP) is 4.21. The molecular formula is C23H29F3N2O4S2. The second kappa shape index (κ2) is 9.77. The molecule has 0 aliphatic carbocycles. The average molecular weight is 519 g/mol. The van der Waals surface area contributed by atoms with Gasteiger partial charge in [0.05, 0.1) is 0 Å². The molecular weight excluding hydrogens is 489 g/mol. The molecule has 2 atom stereocenters. The fourth-order valence-corrected chi connectivity index (χ4v) is 7.25. The van der Waals surface area contributed by atoms with E-state index >= 15 is 0 Å². The summed E-state index contributed by atoms with van der Waals surface area (Å²) in [5.41, 5.74) is -2.46. The van der Waals surface area contributed by atoms with E-state index in [1.807, 2.05) is 0 Å². The van der Waals surface area contributed by atoms with Crippen LogP contribution in [0.4, 0.5) is 18.9 Å². The van der Waals surface area contributed by atoms with Crippen LogP contribution >= 0.6 is 11.3 Å². The van der Waals surface area contributed by atoms with E-state index in [9.17, 15) is 26.7 Å². The summed E-state index contributed by atoms with van der Waals surface area (Å²) in [7, 11) is -3.60. The summed E-state index contributed by atoms with van der Waals surface area (Å²) in [6.07, 6.45) is -2.23. The van der Waals surface area contributed by atoms with Crippen LogP contribution in [0.5, 0.6) is 0 Å². The van der Waals surface area contributed by atoms with Crippen molar-refractivity contribution in [2.45, 2.75) is 48.2 Å². The van der Waals surface area contributed by atoms with Gasteiger partial charge in [-0.2, -0.15) is 17.5 Å². The van der Waals surface area contributed by atoms with Gasteiger partial charge in [0.25, 0.3) is 10.0 Å². The smallest absolute Gasteiger partial charge is 0.381 e. The van der Waals surface area contributed by atoms with Crippen molar-refractivity contribution in [1.82, 2.24) is 4.31 Å². The summed E-state index contributed by atoms with van der Waals surface area (Å²) in [4.78, 5) is 2.09. The summed E-state index contributed by atoms with van der Waals surface area (Å²) in [6.45, 7) is 3.11. The number of ether oxygens (including phenoxy) is 1. The first-order valence-electron chi connectivity index (χ1n) is 11.3. The first-order chi connectivity index (χ1) is 16.0. The van der Waals surface area contributed by atoms with Gasteiger partial charge in [0.2, 0.25) is 0 Å². The molecule has 188 valence electrons. The largest absolute Gasteiger partial charge is 0.421 e. The van der Waals surface area contributed by atoms with Gasteiger partial charge in [0, 0.05) is 44.6 Å². The zero-order valence-electron chi connectivity index (χ0n) is 18.9. The van der Waals surface area contributed by atoms with Crippen molar-refractivity contribution in [2.75, 3.05) is 37.7 Å². The summed E-state index contributed by atoms with van der Waals surface area (Å²) >= 11 is 1.19. The molecule has 6 nitrogen and oxygen atoms in total. The highest BCUT2D eigenvalue weighted by Gasteiger charge is 2.51. The fraction of sp³-hybridized carbons (Fsp3) is 0.565. The Morgan fingerprint density at radius 2 is 1.79 bits per heavy atom. The van der Waals surface area contributed by atoms with Crippen molar-refractivity contribution in [3.05, 3.63) is 47.3 Å². The van der Waals surface area contributed by atoms with Crippen LogP contribution in [-0.2, 0) is 20.4 Å². The maximum Gasteiger partial charge on any atom is 0.421 e.